The molecule has 0 saturated carbocycles. The van der Waals surface area contributed by atoms with Crippen LogP contribution in [0.3, 0.4) is 0 Å². The second-order valence-electron chi connectivity index (χ2n) is 10.4. The number of hydrogen-bond donors (Lipinski definition) is 3. The van der Waals surface area contributed by atoms with Crippen molar-refractivity contribution in [1.82, 2.24) is 16.0 Å². The average molecular weight is 442 g/mol. The summed E-state index contributed by atoms with van der Waals surface area (Å²) in [5.41, 5.74) is -0.691. The van der Waals surface area contributed by atoms with Gasteiger partial charge in [0.25, 0.3) is 0 Å². The molecule has 8 nitrogen and oxygen atoms in total. The van der Waals surface area contributed by atoms with Gasteiger partial charge in [-0.3, -0.25) is 9.59 Å². The van der Waals surface area contributed by atoms with E-state index in [2.05, 4.69) is 16.0 Å². The SMILES string of the molecule is CC(C)CC(C=O)NC(=O)C(CC(C)C)NC(=O)C(CC(C)C)NC(=O)OC(C)(C)C. The number of carbonyl (C=O) groups is 4. The maximum absolute atomic E-state index is 13.0. The second-order valence-corrected chi connectivity index (χ2v) is 10.4. The van der Waals surface area contributed by atoms with Crippen LogP contribution in [0.25, 0.3) is 0 Å². The highest BCUT2D eigenvalue weighted by molar-refractivity contribution is 5.92. The van der Waals surface area contributed by atoms with Gasteiger partial charge in [0.2, 0.25) is 11.8 Å². The molecule has 0 aliphatic rings. The van der Waals surface area contributed by atoms with Crippen LogP contribution in [-0.2, 0) is 19.1 Å². The summed E-state index contributed by atoms with van der Waals surface area (Å²) in [6.07, 6.45) is 1.36. The number of nitrogens with one attached hydrogen (secondary N) is 3. The number of rotatable bonds is 12. The molecule has 3 amide bonds. The Morgan fingerprint density at radius 2 is 1.16 bits per heavy atom. The molecule has 0 bridgehead atoms. The summed E-state index contributed by atoms with van der Waals surface area (Å²) in [7, 11) is 0. The van der Waals surface area contributed by atoms with Crippen LogP contribution in [0.2, 0.25) is 0 Å². The van der Waals surface area contributed by atoms with Crippen LogP contribution in [0.15, 0.2) is 0 Å². The summed E-state index contributed by atoms with van der Waals surface area (Å²) < 4.78 is 5.27. The molecular formula is C23H43N3O5. The smallest absolute Gasteiger partial charge is 0.408 e. The maximum Gasteiger partial charge on any atom is 0.408 e. The van der Waals surface area contributed by atoms with Crippen LogP contribution < -0.4 is 16.0 Å². The first kappa shape index (κ1) is 28.9. The van der Waals surface area contributed by atoms with Gasteiger partial charge in [-0.05, 0) is 57.8 Å². The van der Waals surface area contributed by atoms with Crippen molar-refractivity contribution in [2.24, 2.45) is 17.8 Å². The summed E-state index contributed by atoms with van der Waals surface area (Å²) in [6.45, 7) is 16.9. The van der Waals surface area contributed by atoms with Crippen molar-refractivity contribution >= 4 is 24.2 Å². The molecule has 0 aromatic heterocycles. The topological polar surface area (TPSA) is 114 Å². The van der Waals surface area contributed by atoms with Crippen LogP contribution >= 0.6 is 0 Å². The Kier molecular flexibility index (Phi) is 12.4. The van der Waals surface area contributed by atoms with Gasteiger partial charge in [-0.25, -0.2) is 4.79 Å². The standard InChI is InChI=1S/C23H43N3O5/c1-14(2)10-17(13-27)24-20(28)18(11-15(3)4)25-21(29)19(12-16(5)6)26-22(30)31-23(7,8)9/h13-19H,10-12H2,1-9H3,(H,24,28)(H,25,29)(H,26,30). The summed E-state index contributed by atoms with van der Waals surface area (Å²) in [4.78, 5) is 49.4. The highest BCUT2D eigenvalue weighted by Gasteiger charge is 2.30. The first-order chi connectivity index (χ1) is 14.1. The monoisotopic (exact) mass is 441 g/mol. The van der Waals surface area contributed by atoms with Crippen LogP contribution in [0.4, 0.5) is 4.79 Å². The van der Waals surface area contributed by atoms with Gasteiger partial charge < -0.3 is 25.5 Å². The van der Waals surface area contributed by atoms with Crippen molar-refractivity contribution in [3.05, 3.63) is 0 Å². The third-order valence-corrected chi connectivity index (χ3v) is 4.27. The Bertz CT molecular complexity index is 597. The molecule has 0 heterocycles. The largest absolute Gasteiger partial charge is 0.444 e. The van der Waals surface area contributed by atoms with E-state index in [1.165, 1.54) is 0 Å². The Hall–Kier alpha value is -2.12. The molecule has 0 aliphatic carbocycles. The van der Waals surface area contributed by atoms with E-state index in [1.807, 2.05) is 41.5 Å². The van der Waals surface area contributed by atoms with Crippen molar-refractivity contribution in [1.29, 1.82) is 0 Å². The molecule has 0 rings (SSSR count). The van der Waals surface area contributed by atoms with Gasteiger partial charge in [0.15, 0.2) is 0 Å². The van der Waals surface area contributed by atoms with Gasteiger partial charge in [0, 0.05) is 0 Å². The summed E-state index contributed by atoms with van der Waals surface area (Å²) in [6, 6.07) is -2.25. The molecular weight excluding hydrogens is 398 g/mol. The number of alkyl carbamates (subject to hydrolysis) is 1. The van der Waals surface area contributed by atoms with E-state index in [4.69, 9.17) is 4.74 Å². The summed E-state index contributed by atoms with van der Waals surface area (Å²) >= 11 is 0. The molecule has 0 saturated heterocycles. The zero-order chi connectivity index (χ0) is 24.4. The molecule has 0 spiro atoms. The van der Waals surface area contributed by atoms with Gasteiger partial charge in [0.05, 0.1) is 6.04 Å². The van der Waals surface area contributed by atoms with E-state index in [0.29, 0.717) is 19.3 Å². The number of amides is 3. The van der Waals surface area contributed by atoms with E-state index in [0.717, 1.165) is 6.29 Å². The Morgan fingerprint density at radius 1 is 0.742 bits per heavy atom. The Labute approximate surface area is 187 Å². The quantitative estimate of drug-likeness (QED) is 0.403. The third-order valence-electron chi connectivity index (χ3n) is 4.27. The third kappa shape index (κ3) is 13.7. The molecule has 0 radical (unpaired) electrons. The van der Waals surface area contributed by atoms with Crippen molar-refractivity contribution in [3.8, 4) is 0 Å². The number of hydrogen-bond acceptors (Lipinski definition) is 5. The fraction of sp³-hybridized carbons (Fsp3) is 0.826. The Balaban J connectivity index is 5.37. The normalized spacial score (nSPS) is 14.7. The lowest BCUT2D eigenvalue weighted by atomic mass is 9.99. The maximum atomic E-state index is 13.0. The lowest BCUT2D eigenvalue weighted by Gasteiger charge is -2.27. The van der Waals surface area contributed by atoms with Crippen molar-refractivity contribution in [3.63, 3.8) is 0 Å². The van der Waals surface area contributed by atoms with E-state index < -0.39 is 41.6 Å². The predicted octanol–water partition coefficient (Wildman–Crippen LogP) is 3.19. The molecule has 31 heavy (non-hydrogen) atoms. The minimum atomic E-state index is -0.838. The fourth-order valence-electron chi connectivity index (χ4n) is 3.07. The number of aldehydes is 1. The first-order valence-corrected chi connectivity index (χ1v) is 11.2. The minimum Gasteiger partial charge on any atom is -0.444 e. The summed E-state index contributed by atoms with van der Waals surface area (Å²) in [5.74, 6) is -0.346. The molecule has 180 valence electrons. The summed E-state index contributed by atoms with van der Waals surface area (Å²) in [5, 5.41) is 8.11. The lowest BCUT2D eigenvalue weighted by Crippen LogP contribution is -2.56. The molecule has 3 unspecified atom stereocenters. The van der Waals surface area contributed by atoms with Crippen LogP contribution in [0.5, 0.6) is 0 Å². The van der Waals surface area contributed by atoms with E-state index >= 15 is 0 Å². The van der Waals surface area contributed by atoms with Gasteiger partial charge >= 0.3 is 6.09 Å². The predicted molar refractivity (Wildman–Crippen MR) is 121 cm³/mol. The molecule has 0 aromatic carbocycles. The van der Waals surface area contributed by atoms with Gasteiger partial charge in [-0.1, -0.05) is 41.5 Å². The van der Waals surface area contributed by atoms with E-state index in [-0.39, 0.29) is 17.8 Å². The van der Waals surface area contributed by atoms with Gasteiger partial charge in [0.1, 0.15) is 24.0 Å². The van der Waals surface area contributed by atoms with E-state index in [9.17, 15) is 19.2 Å². The second kappa shape index (κ2) is 13.3. The molecule has 0 aromatic rings. The van der Waals surface area contributed by atoms with Crippen molar-refractivity contribution in [2.45, 2.75) is 105 Å². The van der Waals surface area contributed by atoms with Crippen molar-refractivity contribution in [2.75, 3.05) is 0 Å². The van der Waals surface area contributed by atoms with Crippen LogP contribution in [0, 0.1) is 17.8 Å². The fourth-order valence-corrected chi connectivity index (χ4v) is 3.07. The lowest BCUT2D eigenvalue weighted by molar-refractivity contribution is -0.131. The highest BCUT2D eigenvalue weighted by atomic mass is 16.6. The average Bonchev–Trinajstić information content (AvgIpc) is 2.56. The molecule has 0 aliphatic heterocycles. The number of carbonyl (C=O) groups excluding carboxylic acids is 4. The van der Waals surface area contributed by atoms with E-state index in [1.54, 1.807) is 20.8 Å². The zero-order valence-electron chi connectivity index (χ0n) is 20.7. The molecule has 0 fully saturated rings. The molecule has 8 heteroatoms. The van der Waals surface area contributed by atoms with Crippen LogP contribution in [0.1, 0.15) is 81.6 Å². The van der Waals surface area contributed by atoms with Crippen molar-refractivity contribution < 1.29 is 23.9 Å². The molecule has 3 atom stereocenters. The molecule has 3 N–H and O–H groups in total. The zero-order valence-corrected chi connectivity index (χ0v) is 20.7. The Morgan fingerprint density at radius 3 is 1.55 bits per heavy atom. The highest BCUT2D eigenvalue weighted by Crippen LogP contribution is 2.12. The minimum absolute atomic E-state index is 0.133. The first-order valence-electron chi connectivity index (χ1n) is 11.2. The van der Waals surface area contributed by atoms with Gasteiger partial charge in [-0.15, -0.1) is 0 Å². The van der Waals surface area contributed by atoms with Crippen LogP contribution in [-0.4, -0.2) is 47.9 Å². The number of ether oxygens (including phenoxy) is 1. The van der Waals surface area contributed by atoms with Gasteiger partial charge in [-0.2, -0.15) is 0 Å².